The van der Waals surface area contributed by atoms with Crippen LogP contribution in [0.15, 0.2) is 29.2 Å². The number of halogens is 9. The zero-order valence-corrected chi connectivity index (χ0v) is 14.9. The van der Waals surface area contributed by atoms with Crippen molar-refractivity contribution in [2.45, 2.75) is 26.0 Å². The molecule has 0 aliphatic rings. The van der Waals surface area contributed by atoms with E-state index < -0.39 is 67.1 Å². The Hall–Kier alpha value is -1.56. The predicted molar refractivity (Wildman–Crippen MR) is 72.4 cm³/mol. The van der Waals surface area contributed by atoms with Gasteiger partial charge in [-0.3, -0.25) is 0 Å². The maximum Gasteiger partial charge on any atom is 0.499 e. The molecule has 1 aromatic carbocycles. The van der Waals surface area contributed by atoms with Crippen LogP contribution in [0.3, 0.4) is 0 Å². The second kappa shape index (κ2) is 6.75. The van der Waals surface area contributed by atoms with Crippen LogP contribution in [-0.4, -0.2) is 40.2 Å². The summed E-state index contributed by atoms with van der Waals surface area (Å²) >= 11 is 0. The van der Waals surface area contributed by atoms with Crippen LogP contribution >= 0.6 is 0 Å². The van der Waals surface area contributed by atoms with Crippen LogP contribution in [0.1, 0.15) is 5.56 Å². The lowest BCUT2D eigenvalue weighted by Crippen LogP contribution is -2.49. The van der Waals surface area contributed by atoms with E-state index in [0.29, 0.717) is 0 Å². The third kappa shape index (κ3) is 4.22. The van der Waals surface area contributed by atoms with Gasteiger partial charge in [0, 0.05) is 0 Å². The summed E-state index contributed by atoms with van der Waals surface area (Å²) in [6, 6.07) is -0.118. The predicted octanol–water partition coefficient (Wildman–Crippen LogP) is 2.63. The van der Waals surface area contributed by atoms with Gasteiger partial charge in [-0.15, -0.1) is 0 Å². The van der Waals surface area contributed by atoms with Crippen molar-refractivity contribution in [2.24, 2.45) is 0 Å². The molecule has 0 bridgehead atoms. The minimum Gasteiger partial charge on any atom is -0.221 e. The molecular formula is C10H5F9O6S3. The Kier molecular flexibility index (Phi) is 5.90. The van der Waals surface area contributed by atoms with Gasteiger partial charge >= 0.3 is 17.2 Å². The lowest BCUT2D eigenvalue weighted by Gasteiger charge is -2.21. The number of rotatable bonds is 4. The molecule has 0 saturated carbocycles. The molecule has 6 nitrogen and oxygen atoms in total. The molecule has 0 N–H and O–H groups in total. The number of hydrogen-bond donors (Lipinski definition) is 0. The van der Waals surface area contributed by atoms with Crippen molar-refractivity contribution < 1.29 is 64.8 Å². The number of hydrogen-bond acceptors (Lipinski definition) is 6. The second-order valence-electron chi connectivity index (χ2n) is 4.84. The normalized spacial score (nSPS) is 15.1. The van der Waals surface area contributed by atoms with Crippen LogP contribution in [0.2, 0.25) is 0 Å². The molecule has 28 heavy (non-hydrogen) atoms. The summed E-state index contributed by atoms with van der Waals surface area (Å²) in [5.74, 6) is 0. The molecule has 162 valence electrons. The highest BCUT2D eigenvalue weighted by molar-refractivity contribution is 8.24. The Morgan fingerprint density at radius 2 is 1.07 bits per heavy atom. The average molecular weight is 488 g/mol. The van der Waals surface area contributed by atoms with Gasteiger partial charge in [0.1, 0.15) is 0 Å². The SMILES string of the molecule is O=S(=O)(c1cccc(C(F)(F)F)c1)C(S(=O)(=O)C(F)(F)F)S(=O)(=O)C(F)(F)F. The summed E-state index contributed by atoms with van der Waals surface area (Å²) < 4.78 is 178. The molecule has 0 saturated heterocycles. The van der Waals surface area contributed by atoms with Crippen molar-refractivity contribution in [3.63, 3.8) is 0 Å². The molecule has 0 atom stereocenters. The van der Waals surface area contributed by atoms with Gasteiger partial charge in [0.05, 0.1) is 10.5 Å². The van der Waals surface area contributed by atoms with Gasteiger partial charge in [-0.1, -0.05) is 6.07 Å². The van der Waals surface area contributed by atoms with E-state index in [1.807, 2.05) is 0 Å². The first-order chi connectivity index (χ1) is 12.1. The van der Waals surface area contributed by atoms with Crippen LogP contribution in [-0.2, 0) is 35.7 Å². The maximum absolute atomic E-state index is 12.7. The molecule has 0 amide bonds. The number of sulfone groups is 3. The van der Waals surface area contributed by atoms with Crippen molar-refractivity contribution >= 4 is 29.5 Å². The van der Waals surface area contributed by atoms with Gasteiger partial charge < -0.3 is 0 Å². The van der Waals surface area contributed by atoms with Crippen molar-refractivity contribution in [2.75, 3.05) is 0 Å². The van der Waals surface area contributed by atoms with Crippen LogP contribution in [0.5, 0.6) is 0 Å². The first kappa shape index (κ1) is 24.5. The van der Waals surface area contributed by atoms with Gasteiger partial charge in [0.15, 0.2) is 0 Å². The third-order valence-electron chi connectivity index (χ3n) is 2.90. The van der Waals surface area contributed by atoms with Gasteiger partial charge in [-0.2, -0.15) is 39.5 Å². The molecule has 0 radical (unpaired) electrons. The van der Waals surface area contributed by atoms with Crippen molar-refractivity contribution in [1.82, 2.24) is 0 Å². The van der Waals surface area contributed by atoms with E-state index in [-0.39, 0.29) is 18.2 Å². The first-order valence-corrected chi connectivity index (χ1v) is 10.7. The molecule has 18 heteroatoms. The third-order valence-corrected chi connectivity index (χ3v) is 11.2. The quantitative estimate of drug-likeness (QED) is 0.604. The van der Waals surface area contributed by atoms with E-state index in [1.54, 1.807) is 0 Å². The summed E-state index contributed by atoms with van der Waals surface area (Å²) in [6.45, 7) is 0. The van der Waals surface area contributed by atoms with Crippen molar-refractivity contribution in [3.8, 4) is 0 Å². The lowest BCUT2D eigenvalue weighted by molar-refractivity contribution is -0.137. The number of benzene rings is 1. The summed E-state index contributed by atoms with van der Waals surface area (Å²) in [5, 5.41) is 0. The zero-order valence-electron chi connectivity index (χ0n) is 12.5. The van der Waals surface area contributed by atoms with Gasteiger partial charge in [0.25, 0.3) is 23.6 Å². The van der Waals surface area contributed by atoms with E-state index in [2.05, 4.69) is 0 Å². The van der Waals surface area contributed by atoms with Gasteiger partial charge in [-0.05, 0) is 18.2 Å². The first-order valence-electron chi connectivity index (χ1n) is 6.09. The Balaban J connectivity index is 3.98. The lowest BCUT2D eigenvalue weighted by atomic mass is 10.2. The highest BCUT2D eigenvalue weighted by Crippen LogP contribution is 2.41. The summed E-state index contributed by atoms with van der Waals surface area (Å²) in [4.78, 5) is -2.03. The fraction of sp³-hybridized carbons (Fsp3) is 0.400. The minimum absolute atomic E-state index is 0.00929. The molecule has 0 heterocycles. The van der Waals surface area contributed by atoms with Crippen LogP contribution in [0, 0.1) is 0 Å². The molecule has 0 fully saturated rings. The smallest absolute Gasteiger partial charge is 0.221 e. The monoisotopic (exact) mass is 488 g/mol. The van der Waals surface area contributed by atoms with E-state index in [9.17, 15) is 64.8 Å². The van der Waals surface area contributed by atoms with Crippen LogP contribution in [0.25, 0.3) is 0 Å². The fourth-order valence-electron chi connectivity index (χ4n) is 1.68. The maximum atomic E-state index is 12.7. The Labute approximate surface area is 150 Å². The fourth-order valence-corrected chi connectivity index (χ4v) is 8.88. The highest BCUT2D eigenvalue weighted by Gasteiger charge is 2.68. The second-order valence-corrected chi connectivity index (χ2v) is 11.8. The summed E-state index contributed by atoms with van der Waals surface area (Å²) in [6.07, 6.45) is -5.34. The molecular weight excluding hydrogens is 483 g/mol. The Morgan fingerprint density at radius 1 is 0.679 bits per heavy atom. The Morgan fingerprint density at radius 3 is 1.39 bits per heavy atom. The molecule has 0 spiro atoms. The average Bonchev–Trinajstić information content (AvgIpc) is 2.43. The molecule has 0 aromatic heterocycles. The molecule has 0 aliphatic heterocycles. The summed E-state index contributed by atoms with van der Waals surface area (Å²) in [7, 11) is -21.9. The van der Waals surface area contributed by atoms with E-state index >= 15 is 0 Å². The van der Waals surface area contributed by atoms with Gasteiger partial charge in [0.2, 0.25) is 9.84 Å². The van der Waals surface area contributed by atoms with E-state index in [4.69, 9.17) is 0 Å². The van der Waals surface area contributed by atoms with Crippen LogP contribution < -0.4 is 0 Å². The minimum atomic E-state index is -7.61. The van der Waals surface area contributed by atoms with Gasteiger partial charge in [-0.25, -0.2) is 25.3 Å². The molecule has 1 rings (SSSR count). The highest BCUT2D eigenvalue weighted by atomic mass is 32.3. The Bertz CT molecular complexity index is 1020. The number of alkyl halides is 9. The molecule has 0 unspecified atom stereocenters. The largest absolute Gasteiger partial charge is 0.499 e. The molecule has 0 aliphatic carbocycles. The summed E-state index contributed by atoms with van der Waals surface area (Å²) in [5.41, 5.74) is -15.5. The van der Waals surface area contributed by atoms with E-state index in [1.165, 1.54) is 0 Å². The van der Waals surface area contributed by atoms with Crippen LogP contribution in [0.4, 0.5) is 39.5 Å². The van der Waals surface area contributed by atoms with E-state index in [0.717, 1.165) is 0 Å². The molecule has 1 aromatic rings. The van der Waals surface area contributed by atoms with Crippen molar-refractivity contribution in [3.05, 3.63) is 29.8 Å². The standard InChI is InChI=1S/C10H5F9O6S3/c11-8(12,13)5-2-1-3-6(4-5)26(20,21)7(27(22,23)9(14,15)16)28(24,25)10(17,18)19/h1-4,7H. The van der Waals surface area contributed by atoms with Crippen molar-refractivity contribution in [1.29, 1.82) is 0 Å². The zero-order chi connectivity index (χ0) is 22.6. The topological polar surface area (TPSA) is 102 Å².